The van der Waals surface area contributed by atoms with Crippen LogP contribution in [0.25, 0.3) is 0 Å². The number of anilines is 2. The molecule has 0 spiro atoms. The molecule has 1 aliphatic rings. The Morgan fingerprint density at radius 1 is 1.57 bits per heavy atom. The van der Waals surface area contributed by atoms with Gasteiger partial charge < -0.3 is 20.1 Å². The van der Waals surface area contributed by atoms with Gasteiger partial charge in [-0.3, -0.25) is 0 Å². The topological polar surface area (TPSA) is 88.6 Å². The highest BCUT2D eigenvalue weighted by Gasteiger charge is 2.26. The smallest absolute Gasteiger partial charge is 0.343 e. The van der Waals surface area contributed by atoms with Crippen molar-refractivity contribution in [2.45, 2.75) is 12.8 Å². The summed E-state index contributed by atoms with van der Waals surface area (Å²) in [6.07, 6.45) is 2.01. The van der Waals surface area contributed by atoms with Crippen LogP contribution >= 0.6 is 11.3 Å². The normalized spacial score (nSPS) is 15.5. The Hall–Kier alpha value is -1.78. The van der Waals surface area contributed by atoms with E-state index in [0.717, 1.165) is 32.6 Å². The fourth-order valence-corrected chi connectivity index (χ4v) is 3.46. The fraction of sp³-hybridized carbons (Fsp3) is 0.571. The second-order valence-corrected chi connectivity index (χ2v) is 6.06. The molecule has 6 nitrogen and oxygen atoms in total. The molecular formula is C14H19N3O3S. The molecule has 1 aromatic heterocycles. The zero-order valence-corrected chi connectivity index (χ0v) is 13.0. The van der Waals surface area contributed by atoms with Crippen LogP contribution in [0.2, 0.25) is 0 Å². The number of nitrogens with two attached hydrogens (primary N) is 1. The number of nitrogen functional groups attached to an aromatic ring is 1. The average molecular weight is 309 g/mol. The molecule has 0 aromatic carbocycles. The van der Waals surface area contributed by atoms with Crippen LogP contribution in [-0.4, -0.2) is 39.9 Å². The zero-order valence-electron chi connectivity index (χ0n) is 12.2. The van der Waals surface area contributed by atoms with Crippen molar-refractivity contribution in [3.05, 3.63) is 10.4 Å². The number of hydrogen-bond donors (Lipinski definition) is 1. The van der Waals surface area contributed by atoms with Crippen LogP contribution in [0.15, 0.2) is 0 Å². The summed E-state index contributed by atoms with van der Waals surface area (Å²) in [5, 5.41) is 9.80. The molecule has 2 N–H and O–H groups in total. The molecule has 0 unspecified atom stereocenters. The average Bonchev–Trinajstić information content (AvgIpc) is 2.84. The van der Waals surface area contributed by atoms with Crippen LogP contribution in [0.3, 0.4) is 0 Å². The predicted molar refractivity (Wildman–Crippen MR) is 81.6 cm³/mol. The number of methoxy groups -OCH3 is 1. The first kappa shape index (κ1) is 15.6. The molecule has 0 aliphatic carbocycles. The van der Waals surface area contributed by atoms with E-state index in [2.05, 4.69) is 0 Å². The molecular weight excluding hydrogens is 290 g/mol. The van der Waals surface area contributed by atoms with Gasteiger partial charge in [0.05, 0.1) is 12.8 Å². The van der Waals surface area contributed by atoms with Gasteiger partial charge in [-0.05, 0) is 18.8 Å². The zero-order chi connectivity index (χ0) is 15.4. The summed E-state index contributed by atoms with van der Waals surface area (Å²) in [5.41, 5.74) is 6.41. The van der Waals surface area contributed by atoms with Crippen molar-refractivity contribution in [2.24, 2.45) is 5.92 Å². The largest absolute Gasteiger partial charge is 0.465 e. The molecule has 0 saturated carbocycles. The van der Waals surface area contributed by atoms with Gasteiger partial charge in [0, 0.05) is 26.8 Å². The van der Waals surface area contributed by atoms with Gasteiger partial charge in [0.1, 0.15) is 21.5 Å². The van der Waals surface area contributed by atoms with E-state index < -0.39 is 5.97 Å². The van der Waals surface area contributed by atoms with Crippen LogP contribution < -0.4 is 10.6 Å². The number of nitrogens with zero attached hydrogens (tertiary/aromatic N) is 2. The summed E-state index contributed by atoms with van der Waals surface area (Å²) in [7, 11) is 3.22. The minimum atomic E-state index is -0.501. The summed E-state index contributed by atoms with van der Waals surface area (Å²) >= 11 is 1.23. The number of esters is 1. The van der Waals surface area contributed by atoms with E-state index in [4.69, 9.17) is 20.5 Å². The van der Waals surface area contributed by atoms with Gasteiger partial charge in [-0.15, -0.1) is 11.3 Å². The minimum absolute atomic E-state index is 0.211. The van der Waals surface area contributed by atoms with Crippen LogP contribution in [0.1, 0.15) is 28.1 Å². The molecule has 7 heteroatoms. The number of hydrogen-bond acceptors (Lipinski definition) is 7. The molecule has 0 radical (unpaired) electrons. The van der Waals surface area contributed by atoms with Crippen LogP contribution in [0.5, 0.6) is 0 Å². The van der Waals surface area contributed by atoms with Gasteiger partial charge in [0.25, 0.3) is 0 Å². The molecule has 1 saturated heterocycles. The number of ether oxygens (including phenoxy) is 2. The Bertz CT molecular complexity index is 559. The lowest BCUT2D eigenvalue weighted by Gasteiger charge is -2.28. The number of thiophene rings is 1. The Morgan fingerprint density at radius 3 is 2.81 bits per heavy atom. The SMILES string of the molecule is COC(=O)c1c(N(C)CC2CCOCC2)sc(C#N)c1N. The fourth-order valence-electron chi connectivity index (χ4n) is 2.48. The van der Waals surface area contributed by atoms with Crippen molar-refractivity contribution in [1.29, 1.82) is 5.26 Å². The Balaban J connectivity index is 2.24. The van der Waals surface area contributed by atoms with Crippen LogP contribution in [0, 0.1) is 17.2 Å². The first-order valence-corrected chi connectivity index (χ1v) is 7.59. The summed E-state index contributed by atoms with van der Waals surface area (Å²) in [4.78, 5) is 14.3. The number of carbonyl (C=O) groups is 1. The molecule has 21 heavy (non-hydrogen) atoms. The standard InChI is InChI=1S/C14H19N3O3S/c1-17(8-9-3-5-20-6-4-9)13-11(14(18)19-2)12(16)10(7-15)21-13/h9H,3-6,8,16H2,1-2H3. The summed E-state index contributed by atoms with van der Waals surface area (Å²) in [5.74, 6) is 0.0159. The van der Waals surface area contributed by atoms with E-state index in [1.54, 1.807) is 0 Å². The lowest BCUT2D eigenvalue weighted by Crippen LogP contribution is -2.30. The Kier molecular flexibility index (Phi) is 5.04. The van der Waals surface area contributed by atoms with E-state index >= 15 is 0 Å². The van der Waals surface area contributed by atoms with Crippen molar-refractivity contribution < 1.29 is 14.3 Å². The maximum atomic E-state index is 11.9. The van der Waals surface area contributed by atoms with Gasteiger partial charge in [-0.1, -0.05) is 0 Å². The Labute approximate surface area is 128 Å². The highest BCUT2D eigenvalue weighted by atomic mass is 32.1. The summed E-state index contributed by atoms with van der Waals surface area (Å²) < 4.78 is 10.1. The lowest BCUT2D eigenvalue weighted by atomic mass is 10.00. The molecule has 1 aliphatic heterocycles. The van der Waals surface area contributed by atoms with Crippen molar-refractivity contribution in [3.63, 3.8) is 0 Å². The van der Waals surface area contributed by atoms with Crippen LogP contribution in [-0.2, 0) is 9.47 Å². The number of rotatable bonds is 4. The molecule has 0 atom stereocenters. The first-order chi connectivity index (χ1) is 10.1. The maximum absolute atomic E-state index is 11.9. The second kappa shape index (κ2) is 6.78. The van der Waals surface area contributed by atoms with E-state index in [1.807, 2.05) is 18.0 Å². The predicted octanol–water partition coefficient (Wildman–Crippen LogP) is 1.85. The lowest BCUT2D eigenvalue weighted by molar-refractivity contribution is 0.0601. The highest BCUT2D eigenvalue weighted by Crippen LogP contribution is 2.38. The van der Waals surface area contributed by atoms with E-state index in [1.165, 1.54) is 18.4 Å². The van der Waals surface area contributed by atoms with Crippen molar-refractivity contribution in [2.75, 3.05) is 44.5 Å². The molecule has 0 amide bonds. The summed E-state index contributed by atoms with van der Waals surface area (Å²) in [6.45, 7) is 2.36. The monoisotopic (exact) mass is 309 g/mol. The van der Waals surface area contributed by atoms with Crippen molar-refractivity contribution in [1.82, 2.24) is 0 Å². The first-order valence-electron chi connectivity index (χ1n) is 6.78. The molecule has 114 valence electrons. The molecule has 2 heterocycles. The van der Waals surface area contributed by atoms with Crippen LogP contribution in [0.4, 0.5) is 10.7 Å². The van der Waals surface area contributed by atoms with Gasteiger partial charge in [-0.2, -0.15) is 5.26 Å². The molecule has 1 aromatic rings. The number of carbonyl (C=O) groups excluding carboxylic acids is 1. The third kappa shape index (κ3) is 3.28. The summed E-state index contributed by atoms with van der Waals surface area (Å²) in [6, 6.07) is 2.03. The van der Waals surface area contributed by atoms with Gasteiger partial charge in [-0.25, -0.2) is 4.79 Å². The number of nitriles is 1. The quantitative estimate of drug-likeness (QED) is 0.854. The third-order valence-corrected chi connectivity index (χ3v) is 4.86. The highest BCUT2D eigenvalue weighted by molar-refractivity contribution is 7.17. The molecule has 1 fully saturated rings. The van der Waals surface area contributed by atoms with Gasteiger partial charge >= 0.3 is 5.97 Å². The van der Waals surface area contributed by atoms with E-state index in [9.17, 15) is 4.79 Å². The third-order valence-electron chi connectivity index (χ3n) is 3.64. The van der Waals surface area contributed by atoms with Gasteiger partial charge in [0.15, 0.2) is 0 Å². The van der Waals surface area contributed by atoms with E-state index in [-0.39, 0.29) is 5.69 Å². The van der Waals surface area contributed by atoms with Crippen molar-refractivity contribution in [3.8, 4) is 6.07 Å². The molecule has 2 rings (SSSR count). The Morgan fingerprint density at radius 2 is 2.24 bits per heavy atom. The van der Waals surface area contributed by atoms with Crippen molar-refractivity contribution >= 4 is 28.0 Å². The van der Waals surface area contributed by atoms with E-state index in [0.29, 0.717) is 21.4 Å². The second-order valence-electron chi connectivity index (χ2n) is 5.06. The maximum Gasteiger partial charge on any atom is 0.343 e. The van der Waals surface area contributed by atoms with Gasteiger partial charge in [0.2, 0.25) is 0 Å². The minimum Gasteiger partial charge on any atom is -0.465 e. The molecule has 0 bridgehead atoms.